The fraction of sp³-hybridized carbons (Fsp3) is 0.500. The van der Waals surface area contributed by atoms with Gasteiger partial charge in [-0.1, -0.05) is 70.3 Å². The third-order valence-electron chi connectivity index (χ3n) is 8.79. The Hall–Kier alpha value is -1.71. The molecule has 256 valence electrons. The minimum absolute atomic E-state index is 0.0333. The van der Waals surface area contributed by atoms with E-state index in [0.29, 0.717) is 52.8 Å². The minimum atomic E-state index is -0.0333. The van der Waals surface area contributed by atoms with E-state index in [1.807, 2.05) is 47.9 Å². The molecule has 0 atom stereocenters. The van der Waals surface area contributed by atoms with Gasteiger partial charge < -0.3 is 19.3 Å². The number of likely N-dealkylation sites (tertiary alicyclic amines) is 2. The van der Waals surface area contributed by atoms with Gasteiger partial charge in [0.25, 0.3) is 0 Å². The summed E-state index contributed by atoms with van der Waals surface area (Å²) in [5, 5.41) is 1.44. The van der Waals surface area contributed by atoms with Gasteiger partial charge in [-0.05, 0) is 99.6 Å². The lowest BCUT2D eigenvalue weighted by Crippen LogP contribution is -2.37. The van der Waals surface area contributed by atoms with Crippen LogP contribution in [0.25, 0.3) is 12.2 Å². The number of ether oxygens (including phenoxy) is 2. The molecule has 0 bridgehead atoms. The highest BCUT2D eigenvalue weighted by atomic mass is 35.5. The maximum Gasteiger partial charge on any atom is 0.246 e. The molecule has 2 aliphatic heterocycles. The molecule has 0 unspecified atom stereocenters. The standard InChI is InChI=1S/C36H44Cl4N2O4S/c1-3-45-23-17-25-13-19-41(20-14-25)31(43)11-7-27-5-9-29(35(39)33(27)37)47-30-10-6-28(34(38)36(30)40)8-12-32(44)42-21-15-26(16-22-42)18-24-46-4-2/h5-12,25-26H,3-4,13-24H2,1-2H3/b11-7+,12-8+. The summed E-state index contributed by atoms with van der Waals surface area (Å²) < 4.78 is 11.0. The van der Waals surface area contributed by atoms with E-state index < -0.39 is 0 Å². The molecule has 47 heavy (non-hydrogen) atoms. The number of halogens is 4. The van der Waals surface area contributed by atoms with Crippen molar-refractivity contribution in [1.29, 1.82) is 0 Å². The van der Waals surface area contributed by atoms with Crippen LogP contribution < -0.4 is 0 Å². The monoisotopic (exact) mass is 740 g/mol. The summed E-state index contributed by atoms with van der Waals surface area (Å²) in [5.74, 6) is 1.13. The molecular weight excluding hydrogens is 698 g/mol. The maximum atomic E-state index is 12.8. The lowest BCUT2D eigenvalue weighted by molar-refractivity contribution is -0.128. The number of piperidine rings is 2. The van der Waals surface area contributed by atoms with Gasteiger partial charge in [-0.2, -0.15) is 0 Å². The number of nitrogens with zero attached hydrogens (tertiary/aromatic N) is 2. The number of carbonyl (C=O) groups is 2. The van der Waals surface area contributed by atoms with Crippen LogP contribution in [0.3, 0.4) is 0 Å². The molecule has 2 fully saturated rings. The predicted molar refractivity (Wildman–Crippen MR) is 196 cm³/mol. The van der Waals surface area contributed by atoms with Crippen LogP contribution in [-0.4, -0.2) is 74.2 Å². The van der Waals surface area contributed by atoms with E-state index in [9.17, 15) is 9.59 Å². The summed E-state index contributed by atoms with van der Waals surface area (Å²) in [6.45, 7) is 10.0. The Morgan fingerprint density at radius 3 is 1.43 bits per heavy atom. The Morgan fingerprint density at radius 1 is 0.681 bits per heavy atom. The van der Waals surface area contributed by atoms with E-state index >= 15 is 0 Å². The van der Waals surface area contributed by atoms with E-state index in [-0.39, 0.29) is 11.8 Å². The Labute approximate surface area is 303 Å². The molecule has 0 saturated carbocycles. The summed E-state index contributed by atoms with van der Waals surface area (Å²) in [6.07, 6.45) is 12.6. The number of carbonyl (C=O) groups excluding carboxylic acids is 2. The predicted octanol–water partition coefficient (Wildman–Crippen LogP) is 9.81. The summed E-state index contributed by atoms with van der Waals surface area (Å²) in [7, 11) is 0. The molecule has 2 amide bonds. The van der Waals surface area contributed by atoms with Gasteiger partial charge in [-0.25, -0.2) is 0 Å². The first-order chi connectivity index (χ1) is 22.7. The highest BCUT2D eigenvalue weighted by molar-refractivity contribution is 7.99. The fourth-order valence-corrected chi connectivity index (χ4v) is 7.87. The second-order valence-corrected chi connectivity index (χ2v) is 14.4. The molecule has 2 aromatic rings. The second kappa shape index (κ2) is 19.5. The first-order valence-corrected chi connectivity index (χ1v) is 18.8. The number of hydrogen-bond acceptors (Lipinski definition) is 5. The van der Waals surface area contributed by atoms with Crippen molar-refractivity contribution in [2.45, 2.75) is 62.2 Å². The van der Waals surface area contributed by atoms with Crippen LogP contribution in [0.1, 0.15) is 63.5 Å². The van der Waals surface area contributed by atoms with Crippen LogP contribution in [-0.2, 0) is 19.1 Å². The molecule has 2 saturated heterocycles. The molecule has 0 N–H and O–H groups in total. The van der Waals surface area contributed by atoms with Crippen molar-refractivity contribution in [1.82, 2.24) is 9.80 Å². The van der Waals surface area contributed by atoms with E-state index in [0.717, 1.165) is 91.1 Å². The average Bonchev–Trinajstić information content (AvgIpc) is 3.08. The van der Waals surface area contributed by atoms with Crippen molar-refractivity contribution in [2.75, 3.05) is 52.6 Å². The van der Waals surface area contributed by atoms with Crippen LogP contribution in [0.15, 0.2) is 46.2 Å². The minimum Gasteiger partial charge on any atom is -0.382 e. The lowest BCUT2D eigenvalue weighted by Gasteiger charge is -2.31. The number of rotatable bonds is 14. The van der Waals surface area contributed by atoms with Crippen molar-refractivity contribution >= 4 is 82.1 Å². The van der Waals surface area contributed by atoms with Gasteiger partial charge >= 0.3 is 0 Å². The van der Waals surface area contributed by atoms with Crippen molar-refractivity contribution in [3.63, 3.8) is 0 Å². The topological polar surface area (TPSA) is 59.1 Å². The van der Waals surface area contributed by atoms with Crippen molar-refractivity contribution in [3.05, 3.63) is 67.6 Å². The number of benzene rings is 2. The SMILES string of the molecule is CCOCCC1CCN(C(=O)/C=C/c2ccc(Sc3ccc(/C=C/C(=O)N4CCC(CCOCC)CC4)c(Cl)c3Cl)c(Cl)c2Cl)CC1. The molecule has 2 aromatic carbocycles. The van der Waals surface area contributed by atoms with Crippen molar-refractivity contribution in [3.8, 4) is 0 Å². The van der Waals surface area contributed by atoms with Gasteiger partial charge in [-0.3, -0.25) is 9.59 Å². The highest BCUT2D eigenvalue weighted by Crippen LogP contribution is 2.44. The molecule has 0 aliphatic carbocycles. The van der Waals surface area contributed by atoms with Crippen LogP contribution in [0.2, 0.25) is 20.1 Å². The van der Waals surface area contributed by atoms with E-state index in [2.05, 4.69) is 0 Å². The molecular formula is C36H44Cl4N2O4S. The zero-order valence-corrected chi connectivity index (χ0v) is 31.0. The molecule has 0 aromatic heterocycles. The Bertz CT molecular complexity index is 1310. The van der Waals surface area contributed by atoms with Crippen LogP contribution in [0.5, 0.6) is 0 Å². The van der Waals surface area contributed by atoms with Gasteiger partial charge in [0.05, 0.1) is 20.1 Å². The molecule has 2 aliphatic rings. The van der Waals surface area contributed by atoms with Crippen LogP contribution >= 0.6 is 58.2 Å². The molecule has 0 radical (unpaired) electrons. The van der Waals surface area contributed by atoms with E-state index in [1.165, 1.54) is 11.8 Å². The average molecular weight is 743 g/mol. The van der Waals surface area contributed by atoms with Crippen molar-refractivity contribution in [2.24, 2.45) is 11.8 Å². The zero-order chi connectivity index (χ0) is 33.8. The Kier molecular flexibility index (Phi) is 15.8. The smallest absolute Gasteiger partial charge is 0.246 e. The van der Waals surface area contributed by atoms with Crippen molar-refractivity contribution < 1.29 is 19.1 Å². The van der Waals surface area contributed by atoms with Gasteiger partial charge in [-0.15, -0.1) is 0 Å². The summed E-state index contributed by atoms with van der Waals surface area (Å²) in [5.41, 5.74) is 1.31. The summed E-state index contributed by atoms with van der Waals surface area (Å²) >= 11 is 28.0. The number of amides is 2. The molecule has 4 rings (SSSR count). The van der Waals surface area contributed by atoms with Gasteiger partial charge in [0.2, 0.25) is 11.8 Å². The molecule has 6 nitrogen and oxygen atoms in total. The molecule has 2 heterocycles. The van der Waals surface area contributed by atoms with E-state index in [1.54, 1.807) is 24.3 Å². The fourth-order valence-electron chi connectivity index (χ4n) is 5.83. The normalized spacial score (nSPS) is 16.6. The first-order valence-electron chi connectivity index (χ1n) is 16.4. The van der Waals surface area contributed by atoms with E-state index in [4.69, 9.17) is 55.9 Å². The lowest BCUT2D eigenvalue weighted by atomic mass is 9.94. The van der Waals surface area contributed by atoms with Gasteiger partial charge in [0.1, 0.15) is 0 Å². The summed E-state index contributed by atoms with van der Waals surface area (Å²) in [6, 6.07) is 7.37. The van der Waals surface area contributed by atoms with Crippen LogP contribution in [0.4, 0.5) is 0 Å². The van der Waals surface area contributed by atoms with Crippen LogP contribution in [0, 0.1) is 11.8 Å². The maximum absolute atomic E-state index is 12.8. The second-order valence-electron chi connectivity index (χ2n) is 11.8. The first kappa shape index (κ1) is 38.1. The Morgan fingerprint density at radius 2 is 1.06 bits per heavy atom. The third kappa shape index (κ3) is 11.1. The quantitative estimate of drug-likeness (QED) is 0.143. The molecule has 11 heteroatoms. The third-order valence-corrected chi connectivity index (χ3v) is 11.9. The zero-order valence-electron chi connectivity index (χ0n) is 27.1. The van der Waals surface area contributed by atoms with Gasteiger partial charge in [0, 0.05) is 74.5 Å². The Balaban J connectivity index is 1.32. The number of hydrogen-bond donors (Lipinski definition) is 0. The summed E-state index contributed by atoms with van der Waals surface area (Å²) in [4.78, 5) is 30.8. The molecule has 0 spiro atoms. The largest absolute Gasteiger partial charge is 0.382 e. The highest BCUT2D eigenvalue weighted by Gasteiger charge is 2.23. The van der Waals surface area contributed by atoms with Gasteiger partial charge in [0.15, 0.2) is 0 Å².